The number of benzene rings is 2. The number of halogens is 1. The van der Waals surface area contributed by atoms with E-state index in [9.17, 15) is 10.1 Å². The summed E-state index contributed by atoms with van der Waals surface area (Å²) < 4.78 is 20.4. The van der Waals surface area contributed by atoms with Gasteiger partial charge in [0.15, 0.2) is 6.30 Å². The van der Waals surface area contributed by atoms with Gasteiger partial charge in [-0.05, 0) is 5.56 Å². The molecule has 3 rings (SSSR count). The van der Waals surface area contributed by atoms with E-state index in [2.05, 4.69) is 0 Å². The highest BCUT2D eigenvalue weighted by Crippen LogP contribution is 2.31. The third kappa shape index (κ3) is 3.89. The minimum absolute atomic E-state index is 0.167. The van der Waals surface area contributed by atoms with Gasteiger partial charge in [-0.25, -0.2) is 9.29 Å². The van der Waals surface area contributed by atoms with Crippen molar-refractivity contribution in [2.75, 3.05) is 13.8 Å². The quantitative estimate of drug-likeness (QED) is 0.450. The van der Waals surface area contributed by atoms with Crippen LogP contribution in [0.25, 0.3) is 0 Å². The van der Waals surface area contributed by atoms with Crippen molar-refractivity contribution >= 4 is 0 Å². The van der Waals surface area contributed by atoms with E-state index in [1.807, 2.05) is 30.3 Å². The van der Waals surface area contributed by atoms with Gasteiger partial charge in [-0.1, -0.05) is 60.7 Å². The Labute approximate surface area is 151 Å². The number of alkyl halides is 1. The van der Waals surface area contributed by atoms with Crippen molar-refractivity contribution in [1.82, 2.24) is 9.80 Å². The number of hydrogen-bond acceptors (Lipinski definition) is 5. The van der Waals surface area contributed by atoms with Gasteiger partial charge < -0.3 is 9.64 Å². The summed E-state index contributed by atoms with van der Waals surface area (Å²) in [5.74, 6) is 0. The average molecular weight is 357 g/mol. The van der Waals surface area contributed by atoms with Gasteiger partial charge in [-0.3, -0.25) is 10.1 Å². The fourth-order valence-electron chi connectivity index (χ4n) is 3.05. The summed E-state index contributed by atoms with van der Waals surface area (Å²) in [4.78, 5) is 14.1. The molecule has 136 valence electrons. The molecule has 0 radical (unpaired) electrons. The smallest absolute Gasteiger partial charge is 0.305 e. The Morgan fingerprint density at radius 1 is 1.19 bits per heavy atom. The van der Waals surface area contributed by atoms with Gasteiger partial charge in [0.25, 0.3) is 0 Å². The maximum absolute atomic E-state index is 15.2. The molecule has 0 N–H and O–H groups in total. The van der Waals surface area contributed by atoms with Gasteiger partial charge in [0.2, 0.25) is 6.23 Å². The molecule has 2 aromatic carbocycles. The van der Waals surface area contributed by atoms with Crippen LogP contribution in [-0.4, -0.2) is 34.7 Å². The monoisotopic (exact) mass is 357 g/mol. The highest BCUT2D eigenvalue weighted by molar-refractivity contribution is 5.19. The first-order chi connectivity index (χ1) is 12.6. The minimum atomic E-state index is -1.52. The average Bonchev–Trinajstić information content (AvgIpc) is 2.68. The lowest BCUT2D eigenvalue weighted by Gasteiger charge is -2.39. The number of rotatable bonds is 6. The fraction of sp³-hybridized carbons (Fsp3) is 0.263. The fourth-order valence-corrected chi connectivity index (χ4v) is 3.05. The van der Waals surface area contributed by atoms with E-state index < -0.39 is 17.4 Å². The Bertz CT molecular complexity index is 770. The molecule has 0 aliphatic carbocycles. The third-order valence-electron chi connectivity index (χ3n) is 4.24. The van der Waals surface area contributed by atoms with Crippen LogP contribution in [0.5, 0.6) is 0 Å². The van der Waals surface area contributed by atoms with Gasteiger partial charge in [0.1, 0.15) is 0 Å². The number of ether oxygens (including phenoxy) is 1. The van der Waals surface area contributed by atoms with Crippen molar-refractivity contribution in [1.29, 1.82) is 0 Å². The standard InChI is InChI=1S/C19H20FN3O3/c1-26-19-17(23(24)25)13-21(12-15-8-4-2-5-9-15)14-22(19)18(20)16-10-6-3-7-11-16/h2-11,13,18-19H,12,14H2,1H3. The van der Waals surface area contributed by atoms with Crippen molar-refractivity contribution < 1.29 is 14.1 Å². The maximum atomic E-state index is 15.2. The van der Waals surface area contributed by atoms with E-state index in [1.54, 1.807) is 35.2 Å². The molecule has 6 nitrogen and oxygen atoms in total. The number of nitrogens with zero attached hydrogens (tertiary/aromatic N) is 3. The van der Waals surface area contributed by atoms with E-state index in [0.29, 0.717) is 12.1 Å². The summed E-state index contributed by atoms with van der Waals surface area (Å²) >= 11 is 0. The summed E-state index contributed by atoms with van der Waals surface area (Å²) in [5.41, 5.74) is 1.23. The van der Waals surface area contributed by atoms with Gasteiger partial charge in [0.05, 0.1) is 17.8 Å². The van der Waals surface area contributed by atoms with Gasteiger partial charge in [0, 0.05) is 19.2 Å². The van der Waals surface area contributed by atoms with E-state index in [-0.39, 0.29) is 12.4 Å². The third-order valence-corrected chi connectivity index (χ3v) is 4.24. The molecule has 0 saturated carbocycles. The minimum Gasteiger partial charge on any atom is -0.356 e. The SMILES string of the molecule is COC1C([N+](=O)[O-])=CN(Cc2ccccc2)CN1C(F)c1ccccc1. The Hall–Kier alpha value is -2.77. The topological polar surface area (TPSA) is 58.9 Å². The molecule has 2 atom stereocenters. The van der Waals surface area contributed by atoms with E-state index in [1.165, 1.54) is 18.2 Å². The van der Waals surface area contributed by atoms with Crippen LogP contribution >= 0.6 is 0 Å². The zero-order valence-corrected chi connectivity index (χ0v) is 14.4. The first-order valence-electron chi connectivity index (χ1n) is 8.22. The Morgan fingerprint density at radius 3 is 2.38 bits per heavy atom. The Kier molecular flexibility index (Phi) is 5.60. The van der Waals surface area contributed by atoms with Crippen LogP contribution in [0.15, 0.2) is 72.6 Å². The van der Waals surface area contributed by atoms with Crippen molar-refractivity contribution in [3.8, 4) is 0 Å². The summed E-state index contributed by atoms with van der Waals surface area (Å²) in [7, 11) is 1.35. The Balaban J connectivity index is 1.90. The zero-order valence-electron chi connectivity index (χ0n) is 14.4. The number of methoxy groups -OCH3 is 1. The Morgan fingerprint density at radius 2 is 1.81 bits per heavy atom. The van der Waals surface area contributed by atoms with Crippen LogP contribution in [0.1, 0.15) is 17.4 Å². The summed E-state index contributed by atoms with van der Waals surface area (Å²) in [6, 6.07) is 18.1. The van der Waals surface area contributed by atoms with E-state index in [4.69, 9.17) is 4.74 Å². The predicted octanol–water partition coefficient (Wildman–Crippen LogP) is 3.52. The van der Waals surface area contributed by atoms with Crippen molar-refractivity contribution in [3.63, 3.8) is 0 Å². The molecular weight excluding hydrogens is 337 g/mol. The van der Waals surface area contributed by atoms with Crippen LogP contribution in [0.3, 0.4) is 0 Å². The largest absolute Gasteiger partial charge is 0.356 e. The molecule has 0 amide bonds. The van der Waals surface area contributed by atoms with Crippen LogP contribution < -0.4 is 0 Å². The summed E-state index contributed by atoms with van der Waals surface area (Å²) in [5, 5.41) is 11.5. The first kappa shape index (κ1) is 18.0. The van der Waals surface area contributed by atoms with Crippen LogP contribution in [-0.2, 0) is 11.3 Å². The predicted molar refractivity (Wildman–Crippen MR) is 94.9 cm³/mol. The second kappa shape index (κ2) is 8.07. The maximum Gasteiger partial charge on any atom is 0.305 e. The molecule has 0 saturated heterocycles. The lowest BCUT2D eigenvalue weighted by atomic mass is 10.1. The van der Waals surface area contributed by atoms with Gasteiger partial charge in [-0.2, -0.15) is 0 Å². The van der Waals surface area contributed by atoms with Gasteiger partial charge in [-0.15, -0.1) is 0 Å². The van der Waals surface area contributed by atoms with Gasteiger partial charge >= 0.3 is 5.70 Å². The number of nitro groups is 1. The molecule has 2 aromatic rings. The van der Waals surface area contributed by atoms with Crippen molar-refractivity contribution in [2.24, 2.45) is 0 Å². The first-order valence-corrected chi connectivity index (χ1v) is 8.22. The normalized spacial score (nSPS) is 19.1. The highest BCUT2D eigenvalue weighted by atomic mass is 19.1. The molecular formula is C19H20FN3O3. The molecule has 0 spiro atoms. The van der Waals surface area contributed by atoms with Crippen LogP contribution in [0.4, 0.5) is 4.39 Å². The number of hydrogen-bond donors (Lipinski definition) is 0. The molecule has 2 unspecified atom stereocenters. The molecule has 1 aliphatic heterocycles. The molecule has 1 heterocycles. The molecule has 26 heavy (non-hydrogen) atoms. The molecule has 1 aliphatic rings. The summed E-state index contributed by atoms with van der Waals surface area (Å²) in [6.07, 6.45) is -1.15. The van der Waals surface area contributed by atoms with E-state index in [0.717, 1.165) is 5.56 Å². The lowest BCUT2D eigenvalue weighted by Crippen LogP contribution is -2.50. The highest BCUT2D eigenvalue weighted by Gasteiger charge is 2.40. The molecule has 7 heteroatoms. The van der Waals surface area contributed by atoms with Crippen LogP contribution in [0, 0.1) is 10.1 Å². The zero-order chi connectivity index (χ0) is 18.5. The van der Waals surface area contributed by atoms with Crippen molar-refractivity contribution in [2.45, 2.75) is 19.1 Å². The lowest BCUT2D eigenvalue weighted by molar-refractivity contribution is -0.448. The van der Waals surface area contributed by atoms with Crippen LogP contribution in [0.2, 0.25) is 0 Å². The summed E-state index contributed by atoms with van der Waals surface area (Å²) in [6.45, 7) is 0.605. The second-order valence-corrected chi connectivity index (χ2v) is 6.03. The second-order valence-electron chi connectivity index (χ2n) is 6.03. The van der Waals surface area contributed by atoms with E-state index >= 15 is 4.39 Å². The molecule has 0 bridgehead atoms. The van der Waals surface area contributed by atoms with Crippen molar-refractivity contribution in [3.05, 3.63) is 93.8 Å². The molecule has 0 aromatic heterocycles. The molecule has 0 fully saturated rings.